The van der Waals surface area contributed by atoms with Crippen LogP contribution in [0.25, 0.3) is 0 Å². The largest absolute Gasteiger partial charge is 0.496 e. The quantitative estimate of drug-likeness (QED) is 0.915. The van der Waals surface area contributed by atoms with Gasteiger partial charge in [0.05, 0.1) is 7.11 Å². The van der Waals surface area contributed by atoms with E-state index in [0.29, 0.717) is 12.0 Å². The van der Waals surface area contributed by atoms with Crippen molar-refractivity contribution in [3.8, 4) is 5.75 Å². The second-order valence-electron chi connectivity index (χ2n) is 5.13. The first-order valence-corrected chi connectivity index (χ1v) is 6.65. The Labute approximate surface area is 113 Å². The minimum atomic E-state index is 0.518. The van der Waals surface area contributed by atoms with Gasteiger partial charge in [0.2, 0.25) is 0 Å². The molecule has 0 amide bonds. The molecule has 4 heteroatoms. The minimum absolute atomic E-state index is 0.518. The van der Waals surface area contributed by atoms with Gasteiger partial charge < -0.3 is 10.1 Å². The summed E-state index contributed by atoms with van der Waals surface area (Å²) >= 11 is 0. The maximum absolute atomic E-state index is 5.42. The van der Waals surface area contributed by atoms with E-state index < -0.39 is 0 Å². The summed E-state index contributed by atoms with van der Waals surface area (Å²) in [6, 6.07) is 10.8. The van der Waals surface area contributed by atoms with Crippen LogP contribution in [0.15, 0.2) is 36.5 Å². The van der Waals surface area contributed by atoms with Gasteiger partial charge in [-0.3, -0.25) is 4.68 Å². The van der Waals surface area contributed by atoms with E-state index in [1.165, 1.54) is 5.56 Å². The SMILES string of the molecule is COc1ccccc1C1CC(Nc2ccn(C)n2)C1. The Balaban J connectivity index is 1.60. The first kappa shape index (κ1) is 12.1. The van der Waals surface area contributed by atoms with Gasteiger partial charge in [-0.05, 0) is 30.4 Å². The van der Waals surface area contributed by atoms with Gasteiger partial charge in [0.25, 0.3) is 0 Å². The van der Waals surface area contributed by atoms with Gasteiger partial charge in [0.1, 0.15) is 11.6 Å². The molecular weight excluding hydrogens is 238 g/mol. The molecule has 1 heterocycles. The predicted octanol–water partition coefficient (Wildman–Crippen LogP) is 2.79. The number of hydrogen-bond donors (Lipinski definition) is 1. The molecule has 3 rings (SSSR count). The van der Waals surface area contributed by atoms with Crippen LogP contribution in [0.5, 0.6) is 5.75 Å². The number of anilines is 1. The molecule has 0 spiro atoms. The second kappa shape index (κ2) is 4.96. The molecule has 1 aromatic carbocycles. The first-order valence-electron chi connectivity index (χ1n) is 6.65. The van der Waals surface area contributed by atoms with Crippen molar-refractivity contribution in [2.24, 2.45) is 7.05 Å². The summed E-state index contributed by atoms with van der Waals surface area (Å²) in [4.78, 5) is 0. The summed E-state index contributed by atoms with van der Waals surface area (Å²) in [6.45, 7) is 0. The van der Waals surface area contributed by atoms with Gasteiger partial charge in [-0.15, -0.1) is 0 Å². The first-order chi connectivity index (χ1) is 9.26. The van der Waals surface area contributed by atoms with Crippen LogP contribution in [0.2, 0.25) is 0 Å². The molecule has 2 aromatic rings. The summed E-state index contributed by atoms with van der Waals surface area (Å²) < 4.78 is 7.24. The number of para-hydroxylation sites is 1. The zero-order valence-electron chi connectivity index (χ0n) is 11.3. The van der Waals surface area contributed by atoms with Crippen LogP contribution in [-0.4, -0.2) is 22.9 Å². The van der Waals surface area contributed by atoms with E-state index in [4.69, 9.17) is 4.74 Å². The van der Waals surface area contributed by atoms with Crippen LogP contribution < -0.4 is 10.1 Å². The van der Waals surface area contributed by atoms with Crippen molar-refractivity contribution in [1.82, 2.24) is 9.78 Å². The van der Waals surface area contributed by atoms with E-state index in [0.717, 1.165) is 24.4 Å². The number of aromatic nitrogens is 2. The fourth-order valence-corrected chi connectivity index (χ4v) is 2.69. The Hall–Kier alpha value is -1.97. The maximum atomic E-state index is 5.42. The topological polar surface area (TPSA) is 39.1 Å². The van der Waals surface area contributed by atoms with Crippen LogP contribution in [-0.2, 0) is 7.05 Å². The van der Waals surface area contributed by atoms with Crippen LogP contribution in [0.1, 0.15) is 24.3 Å². The summed E-state index contributed by atoms with van der Waals surface area (Å²) in [6.07, 6.45) is 4.23. The minimum Gasteiger partial charge on any atom is -0.496 e. The van der Waals surface area contributed by atoms with Gasteiger partial charge in [-0.2, -0.15) is 5.10 Å². The fraction of sp³-hybridized carbons (Fsp3) is 0.400. The van der Waals surface area contributed by atoms with Gasteiger partial charge in [0.15, 0.2) is 0 Å². The van der Waals surface area contributed by atoms with Crippen LogP contribution >= 0.6 is 0 Å². The molecule has 1 fully saturated rings. The smallest absolute Gasteiger partial charge is 0.148 e. The molecule has 19 heavy (non-hydrogen) atoms. The van der Waals surface area contributed by atoms with Crippen LogP contribution in [0.3, 0.4) is 0 Å². The number of benzene rings is 1. The average Bonchev–Trinajstić information content (AvgIpc) is 2.79. The number of ether oxygens (including phenoxy) is 1. The van der Waals surface area contributed by atoms with Gasteiger partial charge in [-0.1, -0.05) is 18.2 Å². The molecular formula is C15H19N3O. The summed E-state index contributed by atoms with van der Waals surface area (Å²) in [5.74, 6) is 2.56. The molecule has 0 atom stereocenters. The van der Waals surface area contributed by atoms with Gasteiger partial charge in [-0.25, -0.2) is 0 Å². The summed E-state index contributed by atoms with van der Waals surface area (Å²) in [7, 11) is 3.67. The highest BCUT2D eigenvalue weighted by molar-refractivity contribution is 5.40. The second-order valence-corrected chi connectivity index (χ2v) is 5.13. The van der Waals surface area contributed by atoms with E-state index in [1.54, 1.807) is 7.11 Å². The van der Waals surface area contributed by atoms with Crippen molar-refractivity contribution in [2.45, 2.75) is 24.8 Å². The van der Waals surface area contributed by atoms with Crippen molar-refractivity contribution < 1.29 is 4.74 Å². The van der Waals surface area contributed by atoms with E-state index in [2.05, 4.69) is 22.5 Å². The highest BCUT2D eigenvalue weighted by atomic mass is 16.5. The lowest BCUT2D eigenvalue weighted by molar-refractivity contribution is 0.349. The molecule has 0 unspecified atom stereocenters. The number of rotatable bonds is 4. The molecule has 0 aliphatic heterocycles. The van der Waals surface area contributed by atoms with E-state index in [9.17, 15) is 0 Å². The highest BCUT2D eigenvalue weighted by Crippen LogP contribution is 2.41. The third kappa shape index (κ3) is 2.43. The van der Waals surface area contributed by atoms with Crippen molar-refractivity contribution >= 4 is 5.82 Å². The molecule has 1 aliphatic rings. The molecule has 1 aliphatic carbocycles. The predicted molar refractivity (Wildman–Crippen MR) is 75.6 cm³/mol. The van der Waals surface area contributed by atoms with Crippen molar-refractivity contribution in [1.29, 1.82) is 0 Å². The molecule has 4 nitrogen and oxygen atoms in total. The molecule has 1 saturated carbocycles. The zero-order valence-corrected chi connectivity index (χ0v) is 11.3. The Bertz CT molecular complexity index is 558. The number of aryl methyl sites for hydroxylation is 1. The Kier molecular flexibility index (Phi) is 3.15. The zero-order chi connectivity index (χ0) is 13.2. The fourth-order valence-electron chi connectivity index (χ4n) is 2.69. The molecule has 1 N–H and O–H groups in total. The van der Waals surface area contributed by atoms with Gasteiger partial charge >= 0.3 is 0 Å². The van der Waals surface area contributed by atoms with E-state index in [1.807, 2.05) is 36.1 Å². The van der Waals surface area contributed by atoms with E-state index in [-0.39, 0.29) is 0 Å². The molecule has 0 bridgehead atoms. The third-order valence-electron chi connectivity index (χ3n) is 3.78. The summed E-state index contributed by atoms with van der Waals surface area (Å²) in [5.41, 5.74) is 1.32. The molecule has 1 aromatic heterocycles. The van der Waals surface area contributed by atoms with Crippen LogP contribution in [0, 0.1) is 0 Å². The monoisotopic (exact) mass is 257 g/mol. The normalized spacial score (nSPS) is 21.8. The maximum Gasteiger partial charge on any atom is 0.148 e. The third-order valence-corrected chi connectivity index (χ3v) is 3.78. The van der Waals surface area contributed by atoms with Crippen molar-refractivity contribution in [3.05, 3.63) is 42.1 Å². The number of nitrogens with zero attached hydrogens (tertiary/aromatic N) is 2. The average molecular weight is 257 g/mol. The number of nitrogens with one attached hydrogen (secondary N) is 1. The van der Waals surface area contributed by atoms with Gasteiger partial charge in [0, 0.05) is 25.4 Å². The Morgan fingerprint density at radius 2 is 2.05 bits per heavy atom. The molecule has 100 valence electrons. The van der Waals surface area contributed by atoms with Crippen molar-refractivity contribution in [2.75, 3.05) is 12.4 Å². The Morgan fingerprint density at radius 1 is 1.26 bits per heavy atom. The van der Waals surface area contributed by atoms with Crippen LogP contribution in [0.4, 0.5) is 5.82 Å². The lowest BCUT2D eigenvalue weighted by Crippen LogP contribution is -2.34. The summed E-state index contributed by atoms with van der Waals surface area (Å²) in [5, 5.41) is 7.81. The Morgan fingerprint density at radius 3 is 2.74 bits per heavy atom. The highest BCUT2D eigenvalue weighted by Gasteiger charge is 2.32. The number of methoxy groups -OCH3 is 1. The lowest BCUT2D eigenvalue weighted by Gasteiger charge is -2.36. The lowest BCUT2D eigenvalue weighted by atomic mass is 9.75. The standard InChI is InChI=1S/C15H19N3O/c1-18-8-7-15(17-18)16-12-9-11(10-12)13-5-3-4-6-14(13)19-2/h3-8,11-12H,9-10H2,1-2H3,(H,16,17). The molecule has 0 radical (unpaired) electrons. The van der Waals surface area contributed by atoms with Crippen molar-refractivity contribution in [3.63, 3.8) is 0 Å². The number of hydrogen-bond acceptors (Lipinski definition) is 3. The molecule has 0 saturated heterocycles. The van der Waals surface area contributed by atoms with E-state index >= 15 is 0 Å².